The van der Waals surface area contributed by atoms with Gasteiger partial charge >= 0.3 is 0 Å². The van der Waals surface area contributed by atoms with Gasteiger partial charge in [0.2, 0.25) is 5.91 Å². The van der Waals surface area contributed by atoms with Gasteiger partial charge in [-0.2, -0.15) is 11.3 Å². The third-order valence-electron chi connectivity index (χ3n) is 3.81. The predicted molar refractivity (Wildman–Crippen MR) is 90.6 cm³/mol. The highest BCUT2D eigenvalue weighted by molar-refractivity contribution is 7.07. The second kappa shape index (κ2) is 7.35. The first kappa shape index (κ1) is 16.3. The van der Waals surface area contributed by atoms with Gasteiger partial charge in [0.15, 0.2) is 0 Å². The molecule has 3 aromatic rings. The molecule has 1 amide bonds. The van der Waals surface area contributed by atoms with Crippen molar-refractivity contribution in [3.05, 3.63) is 63.4 Å². The first-order valence-corrected chi connectivity index (χ1v) is 8.57. The largest absolute Gasteiger partial charge is 0.347 e. The highest BCUT2D eigenvalue weighted by Crippen LogP contribution is 2.21. The van der Waals surface area contributed by atoms with Crippen molar-refractivity contribution in [2.75, 3.05) is 0 Å². The molecule has 0 saturated heterocycles. The first-order valence-electron chi connectivity index (χ1n) is 7.63. The molecule has 1 atom stereocenters. The summed E-state index contributed by atoms with van der Waals surface area (Å²) in [5.41, 5.74) is 4.30. The van der Waals surface area contributed by atoms with Gasteiger partial charge in [-0.05, 0) is 54.3 Å². The lowest BCUT2D eigenvalue weighted by molar-refractivity contribution is -0.121. The lowest BCUT2D eigenvalue weighted by atomic mass is 10.0. The van der Waals surface area contributed by atoms with Crippen LogP contribution in [0.1, 0.15) is 34.3 Å². The number of aromatic nitrogens is 3. The van der Waals surface area contributed by atoms with E-state index in [1.54, 1.807) is 24.5 Å². The molecular weight excluding hydrogens is 324 g/mol. The number of amides is 1. The molecule has 3 rings (SSSR count). The summed E-state index contributed by atoms with van der Waals surface area (Å²) in [5, 5.41) is 14.7. The van der Waals surface area contributed by atoms with E-state index >= 15 is 0 Å². The number of nitrogens with zero attached hydrogens (tertiary/aromatic N) is 3. The van der Waals surface area contributed by atoms with Crippen LogP contribution in [0.3, 0.4) is 0 Å². The minimum atomic E-state index is -0.187. The molecule has 3 heterocycles. The Kier molecular flexibility index (Phi) is 5.00. The second-order valence-corrected chi connectivity index (χ2v) is 6.41. The fraction of sp³-hybridized carbons (Fsp3) is 0.294. The zero-order chi connectivity index (χ0) is 16.9. The minimum absolute atomic E-state index is 0.126. The molecule has 0 aliphatic carbocycles. The molecule has 24 heavy (non-hydrogen) atoms. The summed E-state index contributed by atoms with van der Waals surface area (Å²) < 4.78 is 4.65. The summed E-state index contributed by atoms with van der Waals surface area (Å²) in [7, 11) is 0. The second-order valence-electron chi connectivity index (χ2n) is 5.63. The van der Waals surface area contributed by atoms with Crippen LogP contribution < -0.4 is 5.32 Å². The van der Waals surface area contributed by atoms with Gasteiger partial charge in [-0.25, -0.2) is 4.63 Å². The number of pyridine rings is 1. The van der Waals surface area contributed by atoms with Crippen molar-refractivity contribution in [1.29, 1.82) is 0 Å². The van der Waals surface area contributed by atoms with Gasteiger partial charge in [-0.3, -0.25) is 9.78 Å². The Labute approximate surface area is 143 Å². The molecule has 0 aliphatic heterocycles. The van der Waals surface area contributed by atoms with Crippen molar-refractivity contribution in [2.45, 2.75) is 32.7 Å². The van der Waals surface area contributed by atoms with Gasteiger partial charge in [0.25, 0.3) is 0 Å². The quantitative estimate of drug-likeness (QED) is 0.745. The molecule has 0 spiro atoms. The maximum absolute atomic E-state index is 12.4. The van der Waals surface area contributed by atoms with E-state index in [1.807, 2.05) is 24.4 Å². The van der Waals surface area contributed by atoms with Crippen molar-refractivity contribution in [3.8, 4) is 0 Å². The molecule has 0 saturated carbocycles. The highest BCUT2D eigenvalue weighted by Gasteiger charge is 2.20. The van der Waals surface area contributed by atoms with Crippen molar-refractivity contribution >= 4 is 17.2 Å². The smallest absolute Gasteiger partial charge is 0.226 e. The molecule has 6 nitrogen and oxygen atoms in total. The van der Waals surface area contributed by atoms with Gasteiger partial charge in [0.1, 0.15) is 11.4 Å². The van der Waals surface area contributed by atoms with E-state index in [0.717, 1.165) is 11.3 Å². The standard InChI is InChI=1S/C17H18N4O2S/c1-11-4-3-6-18-17(11)15(8-13-5-7-24-10-13)19-16(22)9-14-12(2)20-23-21-14/h3-7,10,15H,8-9H2,1-2H3,(H,19,22)/t15-/m0/s1. The van der Waals surface area contributed by atoms with Gasteiger partial charge in [0, 0.05) is 6.20 Å². The van der Waals surface area contributed by atoms with Crippen molar-refractivity contribution in [2.24, 2.45) is 0 Å². The van der Waals surface area contributed by atoms with Crippen molar-refractivity contribution < 1.29 is 9.42 Å². The van der Waals surface area contributed by atoms with Crippen LogP contribution in [0.25, 0.3) is 0 Å². The fourth-order valence-corrected chi connectivity index (χ4v) is 3.21. The van der Waals surface area contributed by atoms with Crippen LogP contribution in [0, 0.1) is 13.8 Å². The summed E-state index contributed by atoms with van der Waals surface area (Å²) in [6.07, 6.45) is 2.59. The third kappa shape index (κ3) is 3.86. The summed E-state index contributed by atoms with van der Waals surface area (Å²) in [6, 6.07) is 5.77. The van der Waals surface area contributed by atoms with E-state index < -0.39 is 0 Å². The maximum Gasteiger partial charge on any atom is 0.226 e. The summed E-state index contributed by atoms with van der Waals surface area (Å²) in [4.78, 5) is 16.9. The minimum Gasteiger partial charge on any atom is -0.347 e. The van der Waals surface area contributed by atoms with Crippen LogP contribution in [0.2, 0.25) is 0 Å². The number of aryl methyl sites for hydroxylation is 2. The Morgan fingerprint density at radius 1 is 1.33 bits per heavy atom. The van der Waals surface area contributed by atoms with E-state index in [1.165, 1.54) is 5.56 Å². The lowest BCUT2D eigenvalue weighted by Crippen LogP contribution is -2.32. The number of rotatable bonds is 6. The Bertz CT molecular complexity index is 814. The van der Waals surface area contributed by atoms with E-state index in [-0.39, 0.29) is 18.4 Å². The number of carbonyl (C=O) groups is 1. The third-order valence-corrected chi connectivity index (χ3v) is 4.54. The highest BCUT2D eigenvalue weighted by atomic mass is 32.1. The molecule has 7 heteroatoms. The van der Waals surface area contributed by atoms with Crippen molar-refractivity contribution in [3.63, 3.8) is 0 Å². The number of carbonyl (C=O) groups excluding carboxylic acids is 1. The molecule has 3 aromatic heterocycles. The summed E-state index contributed by atoms with van der Waals surface area (Å²) in [6.45, 7) is 3.77. The van der Waals surface area contributed by atoms with Crippen LogP contribution in [-0.4, -0.2) is 21.2 Å². The average Bonchev–Trinajstić information content (AvgIpc) is 3.20. The fourth-order valence-electron chi connectivity index (χ4n) is 2.53. The van der Waals surface area contributed by atoms with Gasteiger partial charge in [-0.15, -0.1) is 0 Å². The number of thiophene rings is 1. The van der Waals surface area contributed by atoms with E-state index in [2.05, 4.69) is 36.7 Å². The number of hydrogen-bond acceptors (Lipinski definition) is 6. The van der Waals surface area contributed by atoms with E-state index in [9.17, 15) is 4.79 Å². The molecule has 0 bridgehead atoms. The first-order chi connectivity index (χ1) is 11.6. The van der Waals surface area contributed by atoms with Gasteiger partial charge in [0.05, 0.1) is 18.2 Å². The summed E-state index contributed by atoms with van der Waals surface area (Å²) in [5.74, 6) is -0.126. The normalized spacial score (nSPS) is 12.1. The topological polar surface area (TPSA) is 80.9 Å². The Morgan fingerprint density at radius 2 is 2.21 bits per heavy atom. The molecule has 124 valence electrons. The zero-order valence-electron chi connectivity index (χ0n) is 13.5. The monoisotopic (exact) mass is 342 g/mol. The van der Waals surface area contributed by atoms with Crippen molar-refractivity contribution in [1.82, 2.24) is 20.6 Å². The van der Waals surface area contributed by atoms with Crippen LogP contribution in [0.4, 0.5) is 0 Å². The van der Waals surface area contributed by atoms with Crippen LogP contribution >= 0.6 is 11.3 Å². The predicted octanol–water partition coefficient (Wildman–Crippen LogP) is 2.79. The van der Waals surface area contributed by atoms with E-state index in [0.29, 0.717) is 17.8 Å². The molecule has 0 unspecified atom stereocenters. The maximum atomic E-state index is 12.4. The molecule has 0 aliphatic rings. The lowest BCUT2D eigenvalue weighted by Gasteiger charge is -2.19. The molecule has 1 N–H and O–H groups in total. The number of nitrogens with one attached hydrogen (secondary N) is 1. The molecule has 0 aromatic carbocycles. The Morgan fingerprint density at radius 3 is 2.88 bits per heavy atom. The van der Waals surface area contributed by atoms with Gasteiger partial charge < -0.3 is 5.32 Å². The van der Waals surface area contributed by atoms with Crippen LogP contribution in [0.15, 0.2) is 39.8 Å². The van der Waals surface area contributed by atoms with Crippen LogP contribution in [-0.2, 0) is 17.6 Å². The molecule has 0 radical (unpaired) electrons. The number of hydrogen-bond donors (Lipinski definition) is 1. The molecule has 0 fully saturated rings. The van der Waals surface area contributed by atoms with E-state index in [4.69, 9.17) is 0 Å². The van der Waals surface area contributed by atoms with Crippen LogP contribution in [0.5, 0.6) is 0 Å². The molecular formula is C17H18N4O2S. The Hall–Kier alpha value is -2.54. The summed E-state index contributed by atoms with van der Waals surface area (Å²) >= 11 is 1.64. The average molecular weight is 342 g/mol. The van der Waals surface area contributed by atoms with Gasteiger partial charge in [-0.1, -0.05) is 16.4 Å². The SMILES string of the molecule is Cc1cccnc1[C@H](Cc1ccsc1)NC(=O)Cc1nonc1C. The zero-order valence-corrected chi connectivity index (χ0v) is 14.3. The Balaban J connectivity index is 1.78.